The summed E-state index contributed by atoms with van der Waals surface area (Å²) in [7, 11) is 0. The number of nitrogens with two attached hydrogens (primary N) is 1. The van der Waals surface area contributed by atoms with Crippen molar-refractivity contribution in [2.75, 3.05) is 19.8 Å². The van der Waals surface area contributed by atoms with Crippen molar-refractivity contribution in [2.24, 2.45) is 11.7 Å². The van der Waals surface area contributed by atoms with Crippen molar-refractivity contribution in [2.45, 2.75) is 13.5 Å². The van der Waals surface area contributed by atoms with E-state index >= 15 is 0 Å². The molecular weight excluding hydrogens is 210 g/mol. The molecule has 0 spiro atoms. The smallest absolute Gasteiger partial charge is 0.270 e. The van der Waals surface area contributed by atoms with Gasteiger partial charge in [-0.15, -0.1) is 0 Å². The van der Waals surface area contributed by atoms with Gasteiger partial charge in [0.25, 0.3) is 5.56 Å². The number of aromatic nitrogens is 2. The maximum absolute atomic E-state index is 11.6. The third-order valence-electron chi connectivity index (χ3n) is 2.03. The Bertz CT molecular complexity index is 378. The molecule has 1 rings (SSSR count). The highest BCUT2D eigenvalue weighted by atomic mass is 16.5. The van der Waals surface area contributed by atoms with E-state index in [1.165, 1.54) is 16.9 Å². The van der Waals surface area contributed by atoms with Crippen molar-refractivity contribution in [3.63, 3.8) is 0 Å². The van der Waals surface area contributed by atoms with Crippen LogP contribution >= 0.6 is 0 Å². The summed E-state index contributed by atoms with van der Waals surface area (Å²) in [5, 5.41) is 12.8. The van der Waals surface area contributed by atoms with Gasteiger partial charge in [0, 0.05) is 25.8 Å². The molecule has 0 amide bonds. The van der Waals surface area contributed by atoms with Gasteiger partial charge in [-0.1, -0.05) is 6.92 Å². The Hall–Kier alpha value is -1.40. The zero-order valence-corrected chi connectivity index (χ0v) is 9.30. The third kappa shape index (κ3) is 3.63. The van der Waals surface area contributed by atoms with Crippen LogP contribution in [0.1, 0.15) is 6.92 Å². The molecule has 1 atom stereocenters. The SMILES string of the molecule is CC(CO)Cn1ncc(OCCN)cc1=O. The lowest BCUT2D eigenvalue weighted by molar-refractivity contribution is 0.216. The summed E-state index contributed by atoms with van der Waals surface area (Å²) >= 11 is 0. The minimum atomic E-state index is -0.241. The lowest BCUT2D eigenvalue weighted by Crippen LogP contribution is -2.26. The first-order chi connectivity index (χ1) is 7.67. The average Bonchev–Trinajstić information content (AvgIpc) is 2.29. The fourth-order valence-electron chi connectivity index (χ4n) is 1.16. The van der Waals surface area contributed by atoms with Crippen LogP contribution in [0.4, 0.5) is 0 Å². The molecule has 1 heterocycles. The van der Waals surface area contributed by atoms with Gasteiger partial charge in [-0.3, -0.25) is 4.79 Å². The van der Waals surface area contributed by atoms with Crippen LogP contribution < -0.4 is 16.0 Å². The summed E-state index contributed by atoms with van der Waals surface area (Å²) in [6.45, 7) is 3.02. The molecule has 0 bridgehead atoms. The highest BCUT2D eigenvalue weighted by Gasteiger charge is 2.05. The van der Waals surface area contributed by atoms with E-state index < -0.39 is 0 Å². The van der Waals surface area contributed by atoms with Crippen LogP contribution in [0.15, 0.2) is 17.1 Å². The van der Waals surface area contributed by atoms with Gasteiger partial charge in [-0.2, -0.15) is 5.10 Å². The average molecular weight is 227 g/mol. The molecule has 6 heteroatoms. The molecule has 90 valence electrons. The Labute approximate surface area is 93.6 Å². The van der Waals surface area contributed by atoms with Crippen molar-refractivity contribution >= 4 is 0 Å². The van der Waals surface area contributed by atoms with Crippen LogP contribution in [0.25, 0.3) is 0 Å². The first-order valence-corrected chi connectivity index (χ1v) is 5.18. The zero-order valence-electron chi connectivity index (χ0n) is 9.30. The summed E-state index contributed by atoms with van der Waals surface area (Å²) in [6.07, 6.45) is 1.47. The number of aliphatic hydroxyl groups is 1. The van der Waals surface area contributed by atoms with Gasteiger partial charge in [-0.05, 0) is 5.92 Å². The number of nitrogens with zero attached hydrogens (tertiary/aromatic N) is 2. The second-order valence-corrected chi connectivity index (χ2v) is 3.64. The normalized spacial score (nSPS) is 12.4. The van der Waals surface area contributed by atoms with Crippen LogP contribution in [-0.2, 0) is 6.54 Å². The molecule has 0 aliphatic rings. The Morgan fingerprint density at radius 1 is 1.69 bits per heavy atom. The fraction of sp³-hybridized carbons (Fsp3) is 0.600. The van der Waals surface area contributed by atoms with E-state index in [1.54, 1.807) is 0 Å². The summed E-state index contributed by atoms with van der Waals surface area (Å²) in [5.74, 6) is 0.421. The molecule has 0 aliphatic heterocycles. The molecule has 6 nitrogen and oxygen atoms in total. The van der Waals surface area contributed by atoms with E-state index in [-0.39, 0.29) is 18.1 Å². The van der Waals surface area contributed by atoms with Crippen molar-refractivity contribution in [1.29, 1.82) is 0 Å². The van der Waals surface area contributed by atoms with E-state index in [9.17, 15) is 4.79 Å². The Kier molecular flexibility index (Phi) is 4.94. The van der Waals surface area contributed by atoms with Crippen LogP contribution in [-0.4, -0.2) is 34.6 Å². The highest BCUT2D eigenvalue weighted by molar-refractivity contribution is 5.13. The molecule has 0 radical (unpaired) electrons. The minimum absolute atomic E-state index is 0.000935. The second-order valence-electron chi connectivity index (χ2n) is 3.64. The molecule has 0 aromatic carbocycles. The van der Waals surface area contributed by atoms with Crippen molar-refractivity contribution in [1.82, 2.24) is 9.78 Å². The number of hydrogen-bond donors (Lipinski definition) is 2. The van der Waals surface area contributed by atoms with E-state index in [0.29, 0.717) is 25.4 Å². The van der Waals surface area contributed by atoms with Crippen molar-refractivity contribution < 1.29 is 9.84 Å². The van der Waals surface area contributed by atoms with Gasteiger partial charge in [0.2, 0.25) is 0 Å². The molecule has 0 aliphatic carbocycles. The molecule has 1 aromatic heterocycles. The number of aliphatic hydroxyl groups excluding tert-OH is 1. The topological polar surface area (TPSA) is 90.4 Å². The van der Waals surface area contributed by atoms with E-state index in [4.69, 9.17) is 15.6 Å². The Morgan fingerprint density at radius 3 is 3.00 bits per heavy atom. The predicted octanol–water partition coefficient (Wildman–Crippen LogP) is -0.791. The standard InChI is InChI=1S/C10H17N3O3/c1-8(7-14)6-13-10(15)4-9(5-12-13)16-3-2-11/h4-5,8,14H,2-3,6-7,11H2,1H3. The van der Waals surface area contributed by atoms with Crippen LogP contribution in [0, 0.1) is 5.92 Å². The molecule has 3 N–H and O–H groups in total. The van der Waals surface area contributed by atoms with Gasteiger partial charge in [0.05, 0.1) is 6.20 Å². The summed E-state index contributed by atoms with van der Waals surface area (Å²) in [5.41, 5.74) is 5.03. The molecule has 0 saturated heterocycles. The second kappa shape index (κ2) is 6.24. The van der Waals surface area contributed by atoms with Gasteiger partial charge in [0.1, 0.15) is 12.4 Å². The fourth-order valence-corrected chi connectivity index (χ4v) is 1.16. The molecule has 1 unspecified atom stereocenters. The molecule has 0 saturated carbocycles. The van der Waals surface area contributed by atoms with Gasteiger partial charge < -0.3 is 15.6 Å². The maximum Gasteiger partial charge on any atom is 0.270 e. The Balaban J connectivity index is 2.71. The monoisotopic (exact) mass is 227 g/mol. The molecule has 1 aromatic rings. The number of ether oxygens (including phenoxy) is 1. The van der Waals surface area contributed by atoms with E-state index in [1.807, 2.05) is 6.92 Å². The molecule has 16 heavy (non-hydrogen) atoms. The maximum atomic E-state index is 11.6. The predicted molar refractivity (Wildman–Crippen MR) is 59.3 cm³/mol. The van der Waals surface area contributed by atoms with Crippen LogP contribution in [0.2, 0.25) is 0 Å². The number of rotatable bonds is 6. The lowest BCUT2D eigenvalue weighted by atomic mass is 10.2. The van der Waals surface area contributed by atoms with E-state index in [2.05, 4.69) is 5.10 Å². The van der Waals surface area contributed by atoms with Gasteiger partial charge in [-0.25, -0.2) is 4.68 Å². The molecule has 0 fully saturated rings. The summed E-state index contributed by atoms with van der Waals surface area (Å²) in [4.78, 5) is 11.6. The third-order valence-corrected chi connectivity index (χ3v) is 2.03. The Morgan fingerprint density at radius 2 is 2.44 bits per heavy atom. The van der Waals surface area contributed by atoms with Crippen LogP contribution in [0.5, 0.6) is 5.75 Å². The van der Waals surface area contributed by atoms with Gasteiger partial charge >= 0.3 is 0 Å². The van der Waals surface area contributed by atoms with Crippen molar-refractivity contribution in [3.8, 4) is 5.75 Å². The van der Waals surface area contributed by atoms with Crippen molar-refractivity contribution in [3.05, 3.63) is 22.6 Å². The first-order valence-electron chi connectivity index (χ1n) is 5.18. The number of hydrogen-bond acceptors (Lipinski definition) is 5. The highest BCUT2D eigenvalue weighted by Crippen LogP contribution is 2.03. The minimum Gasteiger partial charge on any atom is -0.490 e. The van der Waals surface area contributed by atoms with Gasteiger partial charge in [0.15, 0.2) is 0 Å². The quantitative estimate of drug-likeness (QED) is 0.664. The summed E-state index contributed by atoms with van der Waals surface area (Å²) in [6, 6.07) is 1.37. The van der Waals surface area contributed by atoms with Crippen LogP contribution in [0.3, 0.4) is 0 Å². The zero-order chi connectivity index (χ0) is 12.0. The first kappa shape index (κ1) is 12.7. The largest absolute Gasteiger partial charge is 0.490 e. The lowest BCUT2D eigenvalue weighted by Gasteiger charge is -2.10. The molecular formula is C10H17N3O3. The summed E-state index contributed by atoms with van der Waals surface area (Å²) < 4.78 is 6.47. The van der Waals surface area contributed by atoms with E-state index in [0.717, 1.165) is 0 Å².